The molecule has 1 aliphatic rings. The first-order chi connectivity index (χ1) is 11.6. The minimum atomic E-state index is -0.599. The molecule has 1 aliphatic heterocycles. The van der Waals surface area contributed by atoms with Crippen LogP contribution in [0.15, 0.2) is 30.5 Å². The summed E-state index contributed by atoms with van der Waals surface area (Å²) in [6.45, 7) is 3.21. The Hall–Kier alpha value is -2.28. The minimum Gasteiger partial charge on any atom is -0.474 e. The van der Waals surface area contributed by atoms with Crippen LogP contribution in [0, 0.1) is 11.6 Å². The summed E-state index contributed by atoms with van der Waals surface area (Å²) in [4.78, 5) is 8.39. The number of hydrogen-bond acceptors (Lipinski definition) is 5. The van der Waals surface area contributed by atoms with Gasteiger partial charge in [-0.1, -0.05) is 6.07 Å². The zero-order valence-corrected chi connectivity index (χ0v) is 13.4. The standard InChI is InChI=1S/C17H20F2N4O/c1-11-8-14(4-6-20-11)24-16-5-7-21-17(23-16)22-10-12-2-3-13(18)9-15(12)19/h2-3,5,7,9,11,14,20H,4,6,8,10H2,1H3,(H,21,22,23)/t11-,14-/m0/s1. The topological polar surface area (TPSA) is 59.1 Å². The van der Waals surface area contributed by atoms with Gasteiger partial charge in [0.05, 0.1) is 0 Å². The first-order valence-electron chi connectivity index (χ1n) is 8.01. The highest BCUT2D eigenvalue weighted by atomic mass is 19.1. The monoisotopic (exact) mass is 334 g/mol. The van der Waals surface area contributed by atoms with E-state index in [9.17, 15) is 8.78 Å². The predicted octanol–water partition coefficient (Wildman–Crippen LogP) is 2.89. The number of ether oxygens (including phenoxy) is 1. The van der Waals surface area contributed by atoms with Gasteiger partial charge in [0.2, 0.25) is 11.8 Å². The summed E-state index contributed by atoms with van der Waals surface area (Å²) in [6.07, 6.45) is 3.57. The summed E-state index contributed by atoms with van der Waals surface area (Å²) in [7, 11) is 0. The Balaban J connectivity index is 1.60. The van der Waals surface area contributed by atoms with Gasteiger partial charge in [-0.15, -0.1) is 0 Å². The highest BCUT2D eigenvalue weighted by Gasteiger charge is 2.20. The molecule has 1 aromatic heterocycles. The summed E-state index contributed by atoms with van der Waals surface area (Å²) < 4.78 is 32.4. The van der Waals surface area contributed by atoms with Crippen molar-refractivity contribution in [1.82, 2.24) is 15.3 Å². The fourth-order valence-corrected chi connectivity index (χ4v) is 2.70. The predicted molar refractivity (Wildman–Crippen MR) is 86.8 cm³/mol. The molecule has 24 heavy (non-hydrogen) atoms. The molecule has 7 heteroatoms. The lowest BCUT2D eigenvalue weighted by Gasteiger charge is -2.28. The minimum absolute atomic E-state index is 0.124. The number of halogens is 2. The smallest absolute Gasteiger partial charge is 0.226 e. The maximum absolute atomic E-state index is 13.6. The van der Waals surface area contributed by atoms with Gasteiger partial charge in [-0.25, -0.2) is 13.8 Å². The quantitative estimate of drug-likeness (QED) is 0.880. The van der Waals surface area contributed by atoms with Crippen LogP contribution in [-0.4, -0.2) is 28.7 Å². The van der Waals surface area contributed by atoms with E-state index in [4.69, 9.17) is 4.74 Å². The molecule has 0 unspecified atom stereocenters. The number of aromatic nitrogens is 2. The molecule has 0 aliphatic carbocycles. The maximum Gasteiger partial charge on any atom is 0.226 e. The van der Waals surface area contributed by atoms with E-state index in [-0.39, 0.29) is 12.6 Å². The molecule has 1 fully saturated rings. The van der Waals surface area contributed by atoms with Crippen molar-refractivity contribution in [2.75, 3.05) is 11.9 Å². The van der Waals surface area contributed by atoms with Crippen LogP contribution in [0.4, 0.5) is 14.7 Å². The Morgan fingerprint density at radius 1 is 1.33 bits per heavy atom. The van der Waals surface area contributed by atoms with Gasteiger partial charge in [0, 0.05) is 36.5 Å². The number of nitrogens with zero attached hydrogens (tertiary/aromatic N) is 2. The molecule has 1 aromatic carbocycles. The van der Waals surface area contributed by atoms with Crippen molar-refractivity contribution < 1.29 is 13.5 Å². The second-order valence-electron chi connectivity index (χ2n) is 5.93. The lowest BCUT2D eigenvalue weighted by atomic mass is 10.0. The first kappa shape index (κ1) is 16.6. The number of nitrogens with one attached hydrogen (secondary N) is 2. The first-order valence-corrected chi connectivity index (χ1v) is 8.01. The van der Waals surface area contributed by atoms with Gasteiger partial charge in [0.1, 0.15) is 17.7 Å². The van der Waals surface area contributed by atoms with E-state index in [1.807, 2.05) is 0 Å². The van der Waals surface area contributed by atoms with Crippen LogP contribution in [0.2, 0.25) is 0 Å². The van der Waals surface area contributed by atoms with E-state index in [1.165, 1.54) is 12.1 Å². The van der Waals surface area contributed by atoms with Crippen LogP contribution in [0.1, 0.15) is 25.3 Å². The summed E-state index contributed by atoms with van der Waals surface area (Å²) in [5, 5.41) is 6.30. The van der Waals surface area contributed by atoms with Crippen molar-refractivity contribution in [2.45, 2.75) is 38.5 Å². The van der Waals surface area contributed by atoms with Crippen LogP contribution in [0.5, 0.6) is 5.88 Å². The normalized spacial score (nSPS) is 20.6. The van der Waals surface area contributed by atoms with Crippen molar-refractivity contribution in [2.24, 2.45) is 0 Å². The van der Waals surface area contributed by atoms with Gasteiger partial charge in [-0.3, -0.25) is 0 Å². The second-order valence-corrected chi connectivity index (χ2v) is 5.93. The van der Waals surface area contributed by atoms with Crippen LogP contribution in [0.3, 0.4) is 0 Å². The Bertz CT molecular complexity index is 698. The third kappa shape index (κ3) is 4.38. The number of hydrogen-bond donors (Lipinski definition) is 2. The molecule has 128 valence electrons. The van der Waals surface area contributed by atoms with E-state index in [1.54, 1.807) is 12.3 Å². The fourth-order valence-electron chi connectivity index (χ4n) is 2.70. The highest BCUT2D eigenvalue weighted by molar-refractivity contribution is 5.30. The molecule has 2 heterocycles. The molecule has 2 N–H and O–H groups in total. The molecule has 1 saturated heterocycles. The zero-order chi connectivity index (χ0) is 16.9. The summed E-state index contributed by atoms with van der Waals surface area (Å²) >= 11 is 0. The number of benzene rings is 1. The van der Waals surface area contributed by atoms with Crippen molar-refractivity contribution in [3.05, 3.63) is 47.7 Å². The summed E-state index contributed by atoms with van der Waals surface area (Å²) in [5.74, 6) is -0.359. The maximum atomic E-state index is 13.6. The molecule has 0 spiro atoms. The molecular weight excluding hydrogens is 314 g/mol. The largest absolute Gasteiger partial charge is 0.474 e. The Morgan fingerprint density at radius 2 is 2.21 bits per heavy atom. The van der Waals surface area contributed by atoms with E-state index in [0.29, 0.717) is 23.4 Å². The van der Waals surface area contributed by atoms with E-state index in [2.05, 4.69) is 27.5 Å². The van der Waals surface area contributed by atoms with Crippen LogP contribution >= 0.6 is 0 Å². The highest BCUT2D eigenvalue weighted by Crippen LogP contribution is 2.18. The SMILES string of the molecule is C[C@H]1C[C@@H](Oc2ccnc(NCc3ccc(F)cc3F)n2)CCN1. The van der Waals surface area contributed by atoms with Crippen molar-refractivity contribution in [3.63, 3.8) is 0 Å². The Kier molecular flexibility index (Phi) is 5.20. The van der Waals surface area contributed by atoms with Gasteiger partial charge in [0.25, 0.3) is 0 Å². The number of rotatable bonds is 5. The van der Waals surface area contributed by atoms with Crippen molar-refractivity contribution in [3.8, 4) is 5.88 Å². The van der Waals surface area contributed by atoms with Crippen molar-refractivity contribution in [1.29, 1.82) is 0 Å². The number of piperidine rings is 1. The summed E-state index contributed by atoms with van der Waals surface area (Å²) in [5.41, 5.74) is 0.346. The van der Waals surface area contributed by atoms with Gasteiger partial charge in [-0.05, 0) is 32.4 Å². The average Bonchev–Trinajstić information content (AvgIpc) is 2.54. The molecular formula is C17H20F2N4O. The molecule has 5 nitrogen and oxygen atoms in total. The lowest BCUT2D eigenvalue weighted by molar-refractivity contribution is 0.138. The number of anilines is 1. The average molecular weight is 334 g/mol. The molecule has 0 radical (unpaired) electrons. The molecule has 0 bridgehead atoms. The van der Waals surface area contributed by atoms with Gasteiger partial charge >= 0.3 is 0 Å². The fraction of sp³-hybridized carbons (Fsp3) is 0.412. The molecule has 0 saturated carbocycles. The Labute approximate surface area is 139 Å². The zero-order valence-electron chi connectivity index (χ0n) is 13.4. The third-order valence-corrected chi connectivity index (χ3v) is 3.95. The van der Waals surface area contributed by atoms with Crippen LogP contribution in [-0.2, 0) is 6.54 Å². The van der Waals surface area contributed by atoms with E-state index >= 15 is 0 Å². The van der Waals surface area contributed by atoms with Crippen LogP contribution in [0.25, 0.3) is 0 Å². The third-order valence-electron chi connectivity index (χ3n) is 3.95. The van der Waals surface area contributed by atoms with Gasteiger partial charge in [0.15, 0.2) is 0 Å². The van der Waals surface area contributed by atoms with E-state index < -0.39 is 11.6 Å². The van der Waals surface area contributed by atoms with Gasteiger partial charge < -0.3 is 15.4 Å². The molecule has 2 atom stereocenters. The summed E-state index contributed by atoms with van der Waals surface area (Å²) in [6, 6.07) is 5.60. The second kappa shape index (κ2) is 7.53. The lowest BCUT2D eigenvalue weighted by Crippen LogP contribution is -2.40. The van der Waals surface area contributed by atoms with Gasteiger partial charge in [-0.2, -0.15) is 4.98 Å². The molecule has 2 aromatic rings. The van der Waals surface area contributed by atoms with Crippen LogP contribution < -0.4 is 15.4 Å². The van der Waals surface area contributed by atoms with Crippen molar-refractivity contribution >= 4 is 5.95 Å². The van der Waals surface area contributed by atoms with E-state index in [0.717, 1.165) is 25.5 Å². The molecule has 0 amide bonds. The Morgan fingerprint density at radius 3 is 3.00 bits per heavy atom. The molecule has 3 rings (SSSR count).